The van der Waals surface area contributed by atoms with Crippen molar-refractivity contribution < 1.29 is 0 Å². The molecular formula is C12H18N4S. The molecule has 1 unspecified atom stereocenters. The zero-order valence-corrected chi connectivity index (χ0v) is 11.3. The molecule has 4 nitrogen and oxygen atoms in total. The smallest absolute Gasteiger partial charge is 0.0897 e. The van der Waals surface area contributed by atoms with Crippen molar-refractivity contribution >= 4 is 11.3 Å². The first kappa shape index (κ1) is 12.3. The van der Waals surface area contributed by atoms with Crippen LogP contribution in [-0.2, 0) is 6.54 Å². The van der Waals surface area contributed by atoms with Gasteiger partial charge in [-0.2, -0.15) is 5.10 Å². The fourth-order valence-electron chi connectivity index (χ4n) is 1.93. The van der Waals surface area contributed by atoms with E-state index in [0.29, 0.717) is 0 Å². The van der Waals surface area contributed by atoms with Gasteiger partial charge >= 0.3 is 0 Å². The van der Waals surface area contributed by atoms with Gasteiger partial charge in [0, 0.05) is 23.8 Å². The van der Waals surface area contributed by atoms with Crippen LogP contribution in [-0.4, -0.2) is 21.8 Å². The highest BCUT2D eigenvalue weighted by Gasteiger charge is 2.18. The summed E-state index contributed by atoms with van der Waals surface area (Å²) in [7, 11) is 1.98. The van der Waals surface area contributed by atoms with E-state index >= 15 is 0 Å². The minimum absolute atomic E-state index is 0.190. The molecule has 0 saturated heterocycles. The number of hydrogen-bond donors (Lipinski definition) is 1. The quantitative estimate of drug-likeness (QED) is 0.886. The lowest BCUT2D eigenvalue weighted by atomic mass is 10.2. The summed E-state index contributed by atoms with van der Waals surface area (Å²) in [5.41, 5.74) is 1.21. The van der Waals surface area contributed by atoms with Crippen molar-refractivity contribution in [2.24, 2.45) is 0 Å². The molecule has 0 amide bonds. The molecule has 2 aromatic rings. The van der Waals surface area contributed by atoms with Crippen molar-refractivity contribution in [3.8, 4) is 0 Å². The summed E-state index contributed by atoms with van der Waals surface area (Å²) in [5, 5.41) is 8.81. The molecule has 1 atom stereocenters. The SMILES string of the molecule is CCCn1nccc1C(NC)c1cnc(C)s1. The van der Waals surface area contributed by atoms with Crippen LogP contribution in [0.1, 0.15) is 35.0 Å². The van der Waals surface area contributed by atoms with E-state index in [1.54, 1.807) is 11.3 Å². The predicted molar refractivity (Wildman–Crippen MR) is 70.3 cm³/mol. The highest BCUT2D eigenvalue weighted by Crippen LogP contribution is 2.26. The van der Waals surface area contributed by atoms with Gasteiger partial charge < -0.3 is 5.32 Å². The first-order chi connectivity index (χ1) is 8.26. The standard InChI is InChI=1S/C12H18N4S/c1-4-7-16-10(5-6-15-16)12(13-3)11-8-14-9(2)17-11/h5-6,8,12-13H,4,7H2,1-3H3. The van der Waals surface area contributed by atoms with Crippen LogP contribution in [0.15, 0.2) is 18.5 Å². The summed E-state index contributed by atoms with van der Waals surface area (Å²) in [6, 6.07) is 2.27. The Labute approximate surface area is 106 Å². The van der Waals surface area contributed by atoms with Crippen LogP contribution >= 0.6 is 11.3 Å². The van der Waals surface area contributed by atoms with Gasteiger partial charge in [-0.25, -0.2) is 4.98 Å². The molecule has 0 aliphatic heterocycles. The zero-order chi connectivity index (χ0) is 12.3. The van der Waals surface area contributed by atoms with E-state index in [-0.39, 0.29) is 6.04 Å². The summed E-state index contributed by atoms with van der Waals surface area (Å²) in [6.45, 7) is 5.15. The minimum Gasteiger partial charge on any atom is -0.307 e. The Bertz CT molecular complexity index is 474. The van der Waals surface area contributed by atoms with Crippen molar-refractivity contribution in [2.45, 2.75) is 32.9 Å². The summed E-state index contributed by atoms with van der Waals surface area (Å²) < 4.78 is 2.07. The molecular weight excluding hydrogens is 232 g/mol. The number of nitrogens with zero attached hydrogens (tertiary/aromatic N) is 3. The summed E-state index contributed by atoms with van der Waals surface area (Å²) in [6.07, 6.45) is 4.90. The van der Waals surface area contributed by atoms with Crippen molar-refractivity contribution in [1.29, 1.82) is 0 Å². The first-order valence-corrected chi connectivity index (χ1v) is 6.69. The van der Waals surface area contributed by atoms with Crippen LogP contribution in [0.25, 0.3) is 0 Å². The summed E-state index contributed by atoms with van der Waals surface area (Å²) in [5.74, 6) is 0. The van der Waals surface area contributed by atoms with Crippen LogP contribution in [0, 0.1) is 6.92 Å². The first-order valence-electron chi connectivity index (χ1n) is 5.87. The molecule has 0 aliphatic carbocycles. The Morgan fingerprint density at radius 1 is 1.53 bits per heavy atom. The van der Waals surface area contributed by atoms with Crippen LogP contribution < -0.4 is 5.32 Å². The molecule has 0 radical (unpaired) electrons. The lowest BCUT2D eigenvalue weighted by Crippen LogP contribution is -2.20. The lowest BCUT2D eigenvalue weighted by Gasteiger charge is -2.16. The zero-order valence-electron chi connectivity index (χ0n) is 10.5. The van der Waals surface area contributed by atoms with E-state index in [0.717, 1.165) is 18.0 Å². The maximum Gasteiger partial charge on any atom is 0.0897 e. The lowest BCUT2D eigenvalue weighted by molar-refractivity contribution is 0.537. The molecule has 2 heterocycles. The van der Waals surface area contributed by atoms with E-state index in [1.165, 1.54) is 10.6 Å². The largest absolute Gasteiger partial charge is 0.307 e. The molecule has 0 spiro atoms. The fraction of sp³-hybridized carbons (Fsp3) is 0.500. The molecule has 17 heavy (non-hydrogen) atoms. The van der Waals surface area contributed by atoms with Gasteiger partial charge in [-0.15, -0.1) is 11.3 Å². The molecule has 0 aliphatic rings. The number of aromatic nitrogens is 3. The van der Waals surface area contributed by atoms with Gasteiger partial charge in [-0.1, -0.05) is 6.92 Å². The average molecular weight is 250 g/mol. The second-order valence-corrected chi connectivity index (χ2v) is 5.25. The van der Waals surface area contributed by atoms with Gasteiger partial charge in [0.05, 0.1) is 16.7 Å². The topological polar surface area (TPSA) is 42.7 Å². The Kier molecular flexibility index (Phi) is 3.91. The summed E-state index contributed by atoms with van der Waals surface area (Å²) >= 11 is 1.73. The van der Waals surface area contributed by atoms with Gasteiger partial charge in [0.25, 0.3) is 0 Å². The van der Waals surface area contributed by atoms with Crippen molar-refractivity contribution in [3.05, 3.63) is 34.0 Å². The van der Waals surface area contributed by atoms with Crippen LogP contribution in [0.2, 0.25) is 0 Å². The highest BCUT2D eigenvalue weighted by molar-refractivity contribution is 7.11. The Hall–Kier alpha value is -1.20. The van der Waals surface area contributed by atoms with E-state index in [1.807, 2.05) is 26.4 Å². The molecule has 0 bridgehead atoms. The van der Waals surface area contributed by atoms with E-state index in [9.17, 15) is 0 Å². The van der Waals surface area contributed by atoms with Crippen molar-refractivity contribution in [2.75, 3.05) is 7.05 Å². The molecule has 5 heteroatoms. The van der Waals surface area contributed by atoms with Crippen molar-refractivity contribution in [3.63, 3.8) is 0 Å². The Morgan fingerprint density at radius 3 is 2.94 bits per heavy atom. The maximum atomic E-state index is 4.37. The molecule has 1 N–H and O–H groups in total. The normalized spacial score (nSPS) is 12.9. The molecule has 0 saturated carbocycles. The Morgan fingerprint density at radius 2 is 2.35 bits per heavy atom. The van der Waals surface area contributed by atoms with E-state index in [2.05, 4.69) is 33.1 Å². The molecule has 0 fully saturated rings. The van der Waals surface area contributed by atoms with Gasteiger partial charge in [0.1, 0.15) is 0 Å². The van der Waals surface area contributed by atoms with Crippen LogP contribution in [0.4, 0.5) is 0 Å². The van der Waals surface area contributed by atoms with Gasteiger partial charge in [-0.05, 0) is 26.5 Å². The number of rotatable bonds is 5. The number of nitrogens with one attached hydrogen (secondary N) is 1. The number of hydrogen-bond acceptors (Lipinski definition) is 4. The van der Waals surface area contributed by atoms with Gasteiger partial charge in [0.2, 0.25) is 0 Å². The molecule has 2 aromatic heterocycles. The summed E-state index contributed by atoms with van der Waals surface area (Å²) in [4.78, 5) is 5.56. The monoisotopic (exact) mass is 250 g/mol. The third kappa shape index (κ3) is 2.56. The average Bonchev–Trinajstić information content (AvgIpc) is 2.91. The molecule has 0 aromatic carbocycles. The number of aryl methyl sites for hydroxylation is 2. The third-order valence-corrected chi connectivity index (χ3v) is 3.67. The maximum absolute atomic E-state index is 4.37. The van der Waals surface area contributed by atoms with E-state index < -0.39 is 0 Å². The van der Waals surface area contributed by atoms with Crippen molar-refractivity contribution in [1.82, 2.24) is 20.1 Å². The second kappa shape index (κ2) is 5.42. The van der Waals surface area contributed by atoms with E-state index in [4.69, 9.17) is 0 Å². The fourth-order valence-corrected chi connectivity index (χ4v) is 2.84. The highest BCUT2D eigenvalue weighted by atomic mass is 32.1. The second-order valence-electron chi connectivity index (χ2n) is 3.98. The molecule has 2 rings (SSSR count). The third-order valence-electron chi connectivity index (χ3n) is 2.69. The minimum atomic E-state index is 0.190. The van der Waals surface area contributed by atoms with Gasteiger partial charge in [0.15, 0.2) is 0 Å². The van der Waals surface area contributed by atoms with Crippen LogP contribution in [0.3, 0.4) is 0 Å². The predicted octanol–water partition coefficient (Wildman–Crippen LogP) is 2.37. The van der Waals surface area contributed by atoms with Gasteiger partial charge in [-0.3, -0.25) is 4.68 Å². The molecule has 92 valence electrons. The van der Waals surface area contributed by atoms with Crippen LogP contribution in [0.5, 0.6) is 0 Å². The number of thiazole rings is 1. The Balaban J connectivity index is 2.31.